The molecule has 1 aromatic carbocycles. The highest BCUT2D eigenvalue weighted by atomic mass is 32.2. The summed E-state index contributed by atoms with van der Waals surface area (Å²) in [6, 6.07) is 8.06. The van der Waals surface area contributed by atoms with E-state index in [9.17, 15) is 22.8 Å². The fourth-order valence-electron chi connectivity index (χ4n) is 3.38. The summed E-state index contributed by atoms with van der Waals surface area (Å²) in [7, 11) is -3.25. The molecular weight excluding hydrogens is 384 g/mol. The van der Waals surface area contributed by atoms with Crippen molar-refractivity contribution in [3.05, 3.63) is 35.9 Å². The number of amides is 4. The van der Waals surface area contributed by atoms with E-state index < -0.39 is 22.1 Å². The number of sulfonamides is 1. The Hall–Kier alpha value is -2.46. The second kappa shape index (κ2) is 8.27. The Morgan fingerprint density at radius 3 is 2.36 bits per heavy atom. The monoisotopic (exact) mass is 408 g/mol. The molecule has 1 N–H and O–H groups in total. The Morgan fingerprint density at radius 2 is 1.75 bits per heavy atom. The molecule has 2 fully saturated rings. The van der Waals surface area contributed by atoms with Crippen molar-refractivity contribution < 1.29 is 22.8 Å². The maximum Gasteiger partial charge on any atom is 0.325 e. The van der Waals surface area contributed by atoms with Gasteiger partial charge in [-0.1, -0.05) is 30.3 Å². The van der Waals surface area contributed by atoms with Gasteiger partial charge in [-0.25, -0.2) is 13.2 Å². The van der Waals surface area contributed by atoms with Crippen molar-refractivity contribution in [3.63, 3.8) is 0 Å². The lowest BCUT2D eigenvalue weighted by atomic mass is 10.1. The van der Waals surface area contributed by atoms with E-state index in [2.05, 4.69) is 5.32 Å². The van der Waals surface area contributed by atoms with Crippen molar-refractivity contribution in [2.24, 2.45) is 0 Å². The van der Waals surface area contributed by atoms with Crippen LogP contribution in [0.25, 0.3) is 0 Å². The quantitative estimate of drug-likeness (QED) is 0.667. The topological polar surface area (TPSA) is 107 Å². The Labute approximate surface area is 164 Å². The van der Waals surface area contributed by atoms with Gasteiger partial charge >= 0.3 is 6.03 Å². The Balaban J connectivity index is 1.49. The van der Waals surface area contributed by atoms with Crippen molar-refractivity contribution in [1.29, 1.82) is 0 Å². The number of piperazine rings is 1. The van der Waals surface area contributed by atoms with E-state index in [0.29, 0.717) is 13.1 Å². The molecule has 152 valence electrons. The maximum absolute atomic E-state index is 12.5. The number of nitrogens with zero attached hydrogens (tertiary/aromatic N) is 3. The number of hydrogen-bond donors (Lipinski definition) is 1. The highest BCUT2D eigenvalue weighted by Crippen LogP contribution is 2.16. The Bertz CT molecular complexity index is 850. The molecule has 1 aromatic rings. The SMILES string of the molecule is CS(=O)(=O)N1CCN(C(=O)CC[C@H]2NC(=O)N(Cc3ccccc3)C2=O)CC1. The highest BCUT2D eigenvalue weighted by molar-refractivity contribution is 7.88. The van der Waals surface area contributed by atoms with Gasteiger partial charge in [-0.2, -0.15) is 4.31 Å². The van der Waals surface area contributed by atoms with E-state index in [0.717, 1.165) is 16.7 Å². The third-order valence-electron chi connectivity index (χ3n) is 5.00. The number of hydrogen-bond acceptors (Lipinski definition) is 5. The number of benzene rings is 1. The molecular formula is C18H24N4O5S. The van der Waals surface area contributed by atoms with Crippen LogP contribution < -0.4 is 5.32 Å². The molecule has 10 heteroatoms. The third-order valence-corrected chi connectivity index (χ3v) is 6.30. The predicted molar refractivity (Wildman–Crippen MR) is 102 cm³/mol. The first-order chi connectivity index (χ1) is 13.3. The molecule has 2 aliphatic rings. The highest BCUT2D eigenvalue weighted by Gasteiger charge is 2.38. The standard InChI is InChI=1S/C18H24N4O5S/c1-28(26,27)21-11-9-20(10-12-21)16(23)8-7-15-17(24)22(18(25)19-15)13-14-5-3-2-4-6-14/h2-6,15H,7-13H2,1H3,(H,19,25)/t15-/m1/s1. The van der Waals surface area contributed by atoms with E-state index in [1.807, 2.05) is 30.3 Å². The van der Waals surface area contributed by atoms with Crippen LogP contribution in [-0.2, 0) is 26.2 Å². The van der Waals surface area contributed by atoms with E-state index in [-0.39, 0.29) is 44.3 Å². The third kappa shape index (κ3) is 4.68. The first kappa shape index (κ1) is 20.3. The summed E-state index contributed by atoms with van der Waals surface area (Å²) < 4.78 is 24.4. The van der Waals surface area contributed by atoms with Crippen molar-refractivity contribution >= 4 is 27.9 Å². The number of rotatable bonds is 6. The van der Waals surface area contributed by atoms with Crippen LogP contribution in [0.5, 0.6) is 0 Å². The summed E-state index contributed by atoms with van der Waals surface area (Å²) >= 11 is 0. The molecule has 0 unspecified atom stereocenters. The molecule has 0 saturated carbocycles. The van der Waals surface area contributed by atoms with Crippen LogP contribution in [-0.4, -0.2) is 78.8 Å². The average molecular weight is 408 g/mol. The molecule has 4 amide bonds. The summed E-state index contributed by atoms with van der Waals surface area (Å²) in [6.07, 6.45) is 1.50. The van der Waals surface area contributed by atoms with Gasteiger partial charge in [0.15, 0.2) is 0 Å². The molecule has 0 aromatic heterocycles. The van der Waals surface area contributed by atoms with Gasteiger partial charge in [-0.3, -0.25) is 14.5 Å². The van der Waals surface area contributed by atoms with Gasteiger partial charge in [-0.15, -0.1) is 0 Å². The second-order valence-electron chi connectivity index (χ2n) is 6.99. The molecule has 0 bridgehead atoms. The Kier molecular flexibility index (Phi) is 5.99. The fraction of sp³-hybridized carbons (Fsp3) is 0.500. The molecule has 3 rings (SSSR count). The molecule has 0 aliphatic carbocycles. The minimum Gasteiger partial charge on any atom is -0.340 e. The first-order valence-corrected chi connectivity index (χ1v) is 11.0. The zero-order valence-electron chi connectivity index (χ0n) is 15.7. The summed E-state index contributed by atoms with van der Waals surface area (Å²) in [5.74, 6) is -0.472. The summed E-state index contributed by atoms with van der Waals surface area (Å²) in [6.45, 7) is 1.40. The van der Waals surface area contributed by atoms with Gasteiger partial charge in [0, 0.05) is 32.6 Å². The van der Waals surface area contributed by atoms with Gasteiger partial charge in [0.05, 0.1) is 12.8 Å². The summed E-state index contributed by atoms with van der Waals surface area (Å²) in [5, 5.41) is 2.64. The van der Waals surface area contributed by atoms with Crippen molar-refractivity contribution in [1.82, 2.24) is 19.4 Å². The van der Waals surface area contributed by atoms with Crippen LogP contribution in [0.4, 0.5) is 4.79 Å². The number of urea groups is 1. The van der Waals surface area contributed by atoms with Crippen LogP contribution >= 0.6 is 0 Å². The largest absolute Gasteiger partial charge is 0.340 e. The number of nitrogens with one attached hydrogen (secondary N) is 1. The van der Waals surface area contributed by atoms with Gasteiger partial charge in [0.2, 0.25) is 15.9 Å². The number of carbonyl (C=O) groups is 3. The van der Waals surface area contributed by atoms with E-state index in [1.54, 1.807) is 4.90 Å². The average Bonchev–Trinajstić information content (AvgIpc) is 2.94. The smallest absolute Gasteiger partial charge is 0.325 e. The minimum atomic E-state index is -3.25. The summed E-state index contributed by atoms with van der Waals surface area (Å²) in [4.78, 5) is 39.8. The van der Waals surface area contributed by atoms with E-state index in [1.165, 1.54) is 4.31 Å². The molecule has 2 aliphatic heterocycles. The van der Waals surface area contributed by atoms with Gasteiger partial charge < -0.3 is 10.2 Å². The van der Waals surface area contributed by atoms with Gasteiger partial charge in [0.25, 0.3) is 5.91 Å². The summed E-state index contributed by atoms with van der Waals surface area (Å²) in [5.41, 5.74) is 0.853. The first-order valence-electron chi connectivity index (χ1n) is 9.14. The van der Waals surface area contributed by atoms with Crippen molar-refractivity contribution in [2.45, 2.75) is 25.4 Å². The van der Waals surface area contributed by atoms with Crippen LogP contribution in [0.2, 0.25) is 0 Å². The zero-order valence-corrected chi connectivity index (χ0v) is 16.5. The molecule has 28 heavy (non-hydrogen) atoms. The molecule has 0 spiro atoms. The number of imide groups is 1. The fourth-order valence-corrected chi connectivity index (χ4v) is 4.21. The lowest BCUT2D eigenvalue weighted by Gasteiger charge is -2.33. The molecule has 9 nitrogen and oxygen atoms in total. The lowest BCUT2D eigenvalue weighted by Crippen LogP contribution is -2.50. The van der Waals surface area contributed by atoms with Gasteiger partial charge in [-0.05, 0) is 12.0 Å². The van der Waals surface area contributed by atoms with E-state index in [4.69, 9.17) is 0 Å². The molecule has 2 heterocycles. The van der Waals surface area contributed by atoms with Crippen LogP contribution in [0.15, 0.2) is 30.3 Å². The van der Waals surface area contributed by atoms with Crippen LogP contribution in [0, 0.1) is 0 Å². The van der Waals surface area contributed by atoms with Gasteiger partial charge in [0.1, 0.15) is 6.04 Å². The zero-order chi connectivity index (χ0) is 20.3. The predicted octanol–water partition coefficient (Wildman–Crippen LogP) is -0.00900. The lowest BCUT2D eigenvalue weighted by molar-refractivity contribution is -0.133. The number of carbonyl (C=O) groups excluding carboxylic acids is 3. The molecule has 0 radical (unpaired) electrons. The van der Waals surface area contributed by atoms with Crippen molar-refractivity contribution in [2.75, 3.05) is 32.4 Å². The second-order valence-corrected chi connectivity index (χ2v) is 8.98. The Morgan fingerprint density at radius 1 is 1.11 bits per heavy atom. The normalized spacial score (nSPS) is 21.1. The minimum absolute atomic E-state index is 0.120. The van der Waals surface area contributed by atoms with E-state index >= 15 is 0 Å². The maximum atomic E-state index is 12.5. The molecule has 2 saturated heterocycles. The van der Waals surface area contributed by atoms with Crippen molar-refractivity contribution in [3.8, 4) is 0 Å². The molecule has 1 atom stereocenters. The van der Waals surface area contributed by atoms with Crippen LogP contribution in [0.3, 0.4) is 0 Å². The van der Waals surface area contributed by atoms with Crippen LogP contribution in [0.1, 0.15) is 18.4 Å².